The Morgan fingerprint density at radius 1 is 1.33 bits per heavy atom. The van der Waals surface area contributed by atoms with Crippen molar-refractivity contribution in [2.45, 2.75) is 24.2 Å². The van der Waals surface area contributed by atoms with Crippen molar-refractivity contribution in [3.63, 3.8) is 0 Å². The smallest absolute Gasteiger partial charge is 0.410 e. The standard InChI is InChI=1S/C14H18N2O4S/c17-11-14(21-15-19)6-8-16(9-7-14)13(18)20-10-12-4-2-1-3-5-12/h1-5,17H,6-11H2. The van der Waals surface area contributed by atoms with Crippen LogP contribution in [-0.4, -0.2) is 40.5 Å². The normalized spacial score (nSPS) is 17.3. The molecule has 1 aromatic carbocycles. The molecule has 1 saturated heterocycles. The number of hydrogen-bond acceptors (Lipinski definition) is 6. The molecule has 1 aliphatic rings. The number of carbonyl (C=O) groups excluding carboxylic acids is 1. The third-order valence-corrected chi connectivity index (χ3v) is 4.66. The minimum absolute atomic E-state index is 0.115. The van der Waals surface area contributed by atoms with Gasteiger partial charge in [-0.1, -0.05) is 30.3 Å². The van der Waals surface area contributed by atoms with E-state index in [0.717, 1.165) is 17.5 Å². The molecular formula is C14H18N2O4S. The highest BCUT2D eigenvalue weighted by atomic mass is 32.2. The first kappa shape index (κ1) is 15.8. The van der Waals surface area contributed by atoms with E-state index >= 15 is 0 Å². The van der Waals surface area contributed by atoms with Gasteiger partial charge in [0.1, 0.15) is 6.61 Å². The van der Waals surface area contributed by atoms with Crippen molar-refractivity contribution in [3.8, 4) is 0 Å². The van der Waals surface area contributed by atoms with E-state index in [2.05, 4.69) is 4.58 Å². The third kappa shape index (κ3) is 4.18. The second kappa shape index (κ2) is 7.42. The van der Waals surface area contributed by atoms with Gasteiger partial charge in [-0.05, 0) is 18.4 Å². The summed E-state index contributed by atoms with van der Waals surface area (Å²) in [7, 11) is 0. The molecule has 0 unspecified atom stereocenters. The van der Waals surface area contributed by atoms with Gasteiger partial charge in [0, 0.05) is 29.6 Å². The van der Waals surface area contributed by atoms with E-state index in [1.54, 1.807) is 4.90 Å². The summed E-state index contributed by atoms with van der Waals surface area (Å²) in [5.41, 5.74) is 0.938. The lowest BCUT2D eigenvalue weighted by Gasteiger charge is -2.37. The lowest BCUT2D eigenvalue weighted by molar-refractivity contribution is 0.0794. The minimum Gasteiger partial charge on any atom is -0.445 e. The molecule has 1 heterocycles. The van der Waals surface area contributed by atoms with E-state index in [9.17, 15) is 14.8 Å². The summed E-state index contributed by atoms with van der Waals surface area (Å²) in [5.74, 6) is 0. The fraction of sp³-hybridized carbons (Fsp3) is 0.500. The quantitative estimate of drug-likeness (QED) is 0.668. The van der Waals surface area contributed by atoms with Crippen LogP contribution in [0.1, 0.15) is 18.4 Å². The number of nitroso groups, excluding NO2 is 1. The first-order valence-corrected chi connectivity index (χ1v) is 7.54. The first-order valence-electron chi connectivity index (χ1n) is 6.76. The molecule has 0 atom stereocenters. The summed E-state index contributed by atoms with van der Waals surface area (Å²) in [4.78, 5) is 24.0. The number of ether oxygens (including phenoxy) is 1. The first-order chi connectivity index (χ1) is 10.2. The average molecular weight is 310 g/mol. The van der Waals surface area contributed by atoms with Gasteiger partial charge in [-0.15, -0.1) is 4.91 Å². The predicted octanol–water partition coefficient (Wildman–Crippen LogP) is 2.56. The van der Waals surface area contributed by atoms with Crippen molar-refractivity contribution in [1.82, 2.24) is 4.90 Å². The van der Waals surface area contributed by atoms with E-state index in [4.69, 9.17) is 4.74 Å². The number of piperidine rings is 1. The molecule has 0 radical (unpaired) electrons. The number of nitrogens with zero attached hydrogens (tertiary/aromatic N) is 2. The van der Waals surface area contributed by atoms with Crippen molar-refractivity contribution in [2.24, 2.45) is 4.58 Å². The Bertz CT molecular complexity index is 475. The molecule has 6 nitrogen and oxygen atoms in total. The molecule has 0 spiro atoms. The topological polar surface area (TPSA) is 79.2 Å². The van der Waals surface area contributed by atoms with Gasteiger partial charge in [0.2, 0.25) is 0 Å². The van der Waals surface area contributed by atoms with Crippen molar-refractivity contribution < 1.29 is 14.6 Å². The predicted molar refractivity (Wildman–Crippen MR) is 80.6 cm³/mol. The Hall–Kier alpha value is -1.60. The van der Waals surface area contributed by atoms with Gasteiger partial charge < -0.3 is 14.7 Å². The maximum atomic E-state index is 12.0. The summed E-state index contributed by atoms with van der Waals surface area (Å²) in [5, 5.41) is 9.40. The van der Waals surface area contributed by atoms with Crippen LogP contribution in [0.4, 0.5) is 4.79 Å². The van der Waals surface area contributed by atoms with Gasteiger partial charge in [-0.3, -0.25) is 0 Å². The Labute approximate surface area is 127 Å². The molecule has 0 aliphatic carbocycles. The van der Waals surface area contributed by atoms with Crippen LogP contribution in [0, 0.1) is 4.91 Å². The number of rotatable bonds is 5. The van der Waals surface area contributed by atoms with Gasteiger partial charge in [0.05, 0.1) is 11.4 Å². The number of carbonyl (C=O) groups is 1. The number of amides is 1. The fourth-order valence-electron chi connectivity index (χ4n) is 2.26. The summed E-state index contributed by atoms with van der Waals surface area (Å²) in [6.45, 7) is 1.04. The maximum absolute atomic E-state index is 12.0. The summed E-state index contributed by atoms with van der Waals surface area (Å²) in [6, 6.07) is 9.48. The Morgan fingerprint density at radius 2 is 2.00 bits per heavy atom. The molecule has 1 aliphatic heterocycles. The van der Waals surface area contributed by atoms with Gasteiger partial charge in [-0.2, -0.15) is 0 Å². The van der Waals surface area contributed by atoms with Crippen LogP contribution in [-0.2, 0) is 11.3 Å². The van der Waals surface area contributed by atoms with Crippen LogP contribution in [0.15, 0.2) is 34.9 Å². The zero-order chi connectivity index (χ0) is 15.1. The van der Waals surface area contributed by atoms with Crippen LogP contribution in [0.2, 0.25) is 0 Å². The maximum Gasteiger partial charge on any atom is 0.410 e. The van der Waals surface area contributed by atoms with Crippen LogP contribution in [0.25, 0.3) is 0 Å². The summed E-state index contributed by atoms with van der Waals surface area (Å²) < 4.78 is 7.52. The summed E-state index contributed by atoms with van der Waals surface area (Å²) >= 11 is 0.864. The highest BCUT2D eigenvalue weighted by molar-refractivity contribution is 7.99. The fourth-order valence-corrected chi connectivity index (χ4v) is 2.85. The number of benzene rings is 1. The van der Waals surface area contributed by atoms with E-state index in [1.807, 2.05) is 30.3 Å². The van der Waals surface area contributed by atoms with Crippen molar-refractivity contribution in [2.75, 3.05) is 19.7 Å². The molecule has 1 aromatic rings. The molecule has 7 heteroatoms. The van der Waals surface area contributed by atoms with Gasteiger partial charge >= 0.3 is 6.09 Å². The number of aliphatic hydroxyl groups excluding tert-OH is 1. The Kier molecular flexibility index (Phi) is 5.58. The minimum atomic E-state index is -0.558. The third-order valence-electron chi connectivity index (χ3n) is 3.66. The lowest BCUT2D eigenvalue weighted by Crippen LogP contribution is -2.46. The lowest BCUT2D eigenvalue weighted by atomic mass is 9.97. The van der Waals surface area contributed by atoms with E-state index < -0.39 is 4.75 Å². The number of aliphatic hydroxyl groups is 1. The van der Waals surface area contributed by atoms with Crippen LogP contribution < -0.4 is 0 Å². The van der Waals surface area contributed by atoms with E-state index in [0.29, 0.717) is 25.9 Å². The van der Waals surface area contributed by atoms with Gasteiger partial charge in [-0.25, -0.2) is 4.79 Å². The summed E-state index contributed by atoms with van der Waals surface area (Å²) in [6.07, 6.45) is 0.690. The molecule has 1 fully saturated rings. The van der Waals surface area contributed by atoms with Crippen LogP contribution in [0.5, 0.6) is 0 Å². The average Bonchev–Trinajstić information content (AvgIpc) is 2.54. The zero-order valence-corrected chi connectivity index (χ0v) is 12.4. The van der Waals surface area contributed by atoms with E-state index in [-0.39, 0.29) is 19.3 Å². The van der Waals surface area contributed by atoms with Crippen molar-refractivity contribution in [1.29, 1.82) is 0 Å². The monoisotopic (exact) mass is 310 g/mol. The molecule has 1 amide bonds. The van der Waals surface area contributed by atoms with Gasteiger partial charge in [0.25, 0.3) is 0 Å². The Balaban J connectivity index is 1.81. The molecule has 114 valence electrons. The highest BCUT2D eigenvalue weighted by Crippen LogP contribution is 2.36. The molecule has 2 rings (SSSR count). The zero-order valence-electron chi connectivity index (χ0n) is 11.6. The van der Waals surface area contributed by atoms with Gasteiger partial charge in [0.15, 0.2) is 0 Å². The van der Waals surface area contributed by atoms with Crippen molar-refractivity contribution >= 4 is 18.0 Å². The molecule has 21 heavy (non-hydrogen) atoms. The SMILES string of the molecule is O=NSC1(CO)CCN(C(=O)OCc2ccccc2)CC1. The van der Waals surface area contributed by atoms with E-state index in [1.165, 1.54) is 0 Å². The highest BCUT2D eigenvalue weighted by Gasteiger charge is 2.37. The molecule has 1 N–H and O–H groups in total. The molecule has 0 aromatic heterocycles. The number of hydrogen-bond donors (Lipinski definition) is 1. The molecule has 0 bridgehead atoms. The number of likely N-dealkylation sites (tertiary alicyclic amines) is 1. The van der Waals surface area contributed by atoms with Crippen LogP contribution in [0.3, 0.4) is 0 Å². The second-order valence-corrected chi connectivity index (χ2v) is 6.23. The largest absolute Gasteiger partial charge is 0.445 e. The van der Waals surface area contributed by atoms with Crippen molar-refractivity contribution in [3.05, 3.63) is 40.8 Å². The molecule has 0 saturated carbocycles. The second-order valence-electron chi connectivity index (χ2n) is 5.03. The Morgan fingerprint density at radius 3 is 2.57 bits per heavy atom. The molecular weight excluding hydrogens is 292 g/mol. The van der Waals surface area contributed by atoms with Crippen LogP contribution >= 0.6 is 11.9 Å².